The molecule has 0 aromatic heterocycles. The standard InChI is InChI=1S/C10H17N/c11-10-5-7-1-6-2-8(3-7)9(10)4-6/h6-10H,1-5,11H2/t6-,7+,8-,9+,10-/m0/s1. The lowest BCUT2D eigenvalue weighted by molar-refractivity contribution is 0.156. The summed E-state index contributed by atoms with van der Waals surface area (Å²) in [5.41, 5.74) is 6.14. The molecule has 0 aromatic rings. The van der Waals surface area contributed by atoms with Crippen molar-refractivity contribution in [3.05, 3.63) is 0 Å². The molecule has 0 unspecified atom stereocenters. The van der Waals surface area contributed by atoms with Crippen LogP contribution in [0.5, 0.6) is 0 Å². The third-order valence-corrected chi connectivity index (χ3v) is 4.31. The van der Waals surface area contributed by atoms with Gasteiger partial charge in [0.15, 0.2) is 0 Å². The average molecular weight is 151 g/mol. The summed E-state index contributed by atoms with van der Waals surface area (Å²) in [6, 6.07) is 0.575. The van der Waals surface area contributed by atoms with Crippen molar-refractivity contribution in [3.8, 4) is 0 Å². The van der Waals surface area contributed by atoms with Gasteiger partial charge in [-0.2, -0.15) is 0 Å². The summed E-state index contributed by atoms with van der Waals surface area (Å²) in [5.74, 6) is 4.08. The molecule has 5 atom stereocenters. The van der Waals surface area contributed by atoms with Crippen LogP contribution < -0.4 is 5.73 Å². The predicted octanol–water partition coefficient (Wildman–Crippen LogP) is 1.77. The zero-order valence-electron chi connectivity index (χ0n) is 7.00. The van der Waals surface area contributed by atoms with Crippen LogP contribution in [0.25, 0.3) is 0 Å². The normalized spacial score (nSPS) is 60.3. The van der Waals surface area contributed by atoms with Gasteiger partial charge >= 0.3 is 0 Å². The zero-order chi connectivity index (χ0) is 7.42. The maximum atomic E-state index is 6.14. The Balaban J connectivity index is 1.94. The van der Waals surface area contributed by atoms with E-state index < -0.39 is 0 Å². The van der Waals surface area contributed by atoms with E-state index in [1.54, 1.807) is 0 Å². The number of hydrogen-bond donors (Lipinski definition) is 1. The molecule has 0 amide bonds. The topological polar surface area (TPSA) is 26.0 Å². The van der Waals surface area contributed by atoms with E-state index in [0.717, 1.165) is 23.7 Å². The molecular formula is C10H17N. The highest BCUT2D eigenvalue weighted by Crippen LogP contribution is 2.54. The van der Waals surface area contributed by atoms with Crippen LogP contribution in [-0.2, 0) is 0 Å². The monoisotopic (exact) mass is 151 g/mol. The number of fused-ring (bicyclic) bond motifs is 2. The smallest absolute Gasteiger partial charge is 0.00725 e. The number of rotatable bonds is 0. The lowest BCUT2D eigenvalue weighted by Crippen LogP contribution is -2.39. The van der Waals surface area contributed by atoms with Crippen molar-refractivity contribution in [2.75, 3.05) is 0 Å². The van der Waals surface area contributed by atoms with Gasteiger partial charge in [0.05, 0.1) is 0 Å². The van der Waals surface area contributed by atoms with Gasteiger partial charge in [0.1, 0.15) is 0 Å². The minimum absolute atomic E-state index is 0.575. The largest absolute Gasteiger partial charge is 0.327 e. The van der Waals surface area contributed by atoms with Gasteiger partial charge in [0.2, 0.25) is 0 Å². The average Bonchev–Trinajstić information content (AvgIpc) is 2.19. The van der Waals surface area contributed by atoms with Gasteiger partial charge in [-0.05, 0) is 55.8 Å². The molecule has 0 aromatic carbocycles. The second-order valence-electron chi connectivity index (χ2n) is 5.00. The van der Waals surface area contributed by atoms with E-state index in [-0.39, 0.29) is 0 Å². The second kappa shape index (κ2) is 2.01. The Morgan fingerprint density at radius 2 is 1.55 bits per heavy atom. The molecule has 3 aliphatic rings. The molecule has 62 valence electrons. The third kappa shape index (κ3) is 0.807. The van der Waals surface area contributed by atoms with Gasteiger partial charge in [0.25, 0.3) is 0 Å². The Hall–Kier alpha value is -0.0400. The Morgan fingerprint density at radius 3 is 2.36 bits per heavy atom. The molecule has 11 heavy (non-hydrogen) atoms. The van der Waals surface area contributed by atoms with Crippen LogP contribution in [0, 0.1) is 23.7 Å². The second-order valence-corrected chi connectivity index (χ2v) is 5.00. The van der Waals surface area contributed by atoms with Crippen molar-refractivity contribution in [1.82, 2.24) is 0 Å². The Kier molecular flexibility index (Phi) is 1.18. The third-order valence-electron chi connectivity index (χ3n) is 4.31. The highest BCUT2D eigenvalue weighted by atomic mass is 14.7. The molecule has 0 radical (unpaired) electrons. The first kappa shape index (κ1) is 6.47. The Bertz CT molecular complexity index is 173. The van der Waals surface area contributed by atoms with E-state index in [0.29, 0.717) is 6.04 Å². The molecule has 0 spiro atoms. The molecule has 3 saturated carbocycles. The molecule has 0 heterocycles. The fraction of sp³-hybridized carbons (Fsp3) is 1.00. The summed E-state index contributed by atoms with van der Waals surface area (Å²) in [7, 11) is 0. The zero-order valence-corrected chi connectivity index (χ0v) is 7.00. The van der Waals surface area contributed by atoms with E-state index in [2.05, 4.69) is 0 Å². The summed E-state index contributed by atoms with van der Waals surface area (Å²) in [6.45, 7) is 0. The van der Waals surface area contributed by atoms with Crippen LogP contribution in [0.15, 0.2) is 0 Å². The summed E-state index contributed by atoms with van der Waals surface area (Å²) in [4.78, 5) is 0. The molecule has 1 heteroatoms. The molecule has 3 aliphatic carbocycles. The van der Waals surface area contributed by atoms with E-state index in [9.17, 15) is 0 Å². The molecular weight excluding hydrogens is 134 g/mol. The number of hydrogen-bond acceptors (Lipinski definition) is 1. The molecule has 3 bridgehead atoms. The summed E-state index contributed by atoms with van der Waals surface area (Å²) in [6.07, 6.45) is 7.38. The van der Waals surface area contributed by atoms with Crippen molar-refractivity contribution in [1.29, 1.82) is 0 Å². The van der Waals surface area contributed by atoms with E-state index in [1.165, 1.54) is 32.1 Å². The van der Waals surface area contributed by atoms with Gasteiger partial charge in [-0.15, -0.1) is 0 Å². The van der Waals surface area contributed by atoms with Crippen LogP contribution in [-0.4, -0.2) is 6.04 Å². The van der Waals surface area contributed by atoms with Crippen molar-refractivity contribution in [2.45, 2.75) is 38.1 Å². The van der Waals surface area contributed by atoms with Gasteiger partial charge in [0, 0.05) is 6.04 Å². The van der Waals surface area contributed by atoms with E-state index in [1.807, 2.05) is 0 Å². The highest BCUT2D eigenvalue weighted by Gasteiger charge is 2.47. The predicted molar refractivity (Wildman–Crippen MR) is 45.0 cm³/mol. The SMILES string of the molecule is N[C@H]1C[C@@H]2C[C@H]3C[C@@H](C2)[C@H]1C3. The molecule has 2 N–H and O–H groups in total. The summed E-state index contributed by atoms with van der Waals surface area (Å²) in [5, 5.41) is 0. The van der Waals surface area contributed by atoms with Gasteiger partial charge < -0.3 is 5.73 Å². The lowest BCUT2D eigenvalue weighted by atomic mass is 9.70. The van der Waals surface area contributed by atoms with E-state index in [4.69, 9.17) is 5.73 Å². The Labute approximate surface area is 68.3 Å². The van der Waals surface area contributed by atoms with Gasteiger partial charge in [-0.25, -0.2) is 0 Å². The molecule has 0 saturated heterocycles. The van der Waals surface area contributed by atoms with Crippen LogP contribution >= 0.6 is 0 Å². The van der Waals surface area contributed by atoms with Crippen LogP contribution in [0.2, 0.25) is 0 Å². The minimum atomic E-state index is 0.575. The summed E-state index contributed by atoms with van der Waals surface area (Å²) >= 11 is 0. The van der Waals surface area contributed by atoms with Crippen LogP contribution in [0.3, 0.4) is 0 Å². The van der Waals surface area contributed by atoms with E-state index >= 15 is 0 Å². The fourth-order valence-electron chi connectivity index (χ4n) is 4.01. The van der Waals surface area contributed by atoms with Crippen molar-refractivity contribution >= 4 is 0 Å². The first-order chi connectivity index (χ1) is 5.33. The van der Waals surface area contributed by atoms with Crippen molar-refractivity contribution in [2.24, 2.45) is 29.4 Å². The maximum Gasteiger partial charge on any atom is 0.00725 e. The fourth-order valence-corrected chi connectivity index (χ4v) is 4.01. The molecule has 3 fully saturated rings. The minimum Gasteiger partial charge on any atom is -0.327 e. The van der Waals surface area contributed by atoms with Crippen molar-refractivity contribution < 1.29 is 0 Å². The quantitative estimate of drug-likeness (QED) is 0.561. The van der Waals surface area contributed by atoms with Crippen molar-refractivity contribution in [3.63, 3.8) is 0 Å². The van der Waals surface area contributed by atoms with Crippen LogP contribution in [0.1, 0.15) is 32.1 Å². The first-order valence-electron chi connectivity index (χ1n) is 5.08. The summed E-state index contributed by atoms with van der Waals surface area (Å²) < 4.78 is 0. The number of nitrogens with two attached hydrogens (primary N) is 1. The maximum absolute atomic E-state index is 6.14. The van der Waals surface area contributed by atoms with Gasteiger partial charge in [-0.3, -0.25) is 0 Å². The van der Waals surface area contributed by atoms with Crippen LogP contribution in [0.4, 0.5) is 0 Å². The lowest BCUT2D eigenvalue weighted by Gasteiger charge is -2.37. The Morgan fingerprint density at radius 1 is 0.818 bits per heavy atom. The van der Waals surface area contributed by atoms with Gasteiger partial charge in [-0.1, -0.05) is 0 Å². The first-order valence-corrected chi connectivity index (χ1v) is 5.08. The molecule has 0 aliphatic heterocycles. The molecule has 3 rings (SSSR count). The highest BCUT2D eigenvalue weighted by molar-refractivity contribution is 5.00. The molecule has 1 nitrogen and oxygen atoms in total.